The zero-order valence-electron chi connectivity index (χ0n) is 9.29. The fourth-order valence-electron chi connectivity index (χ4n) is 1.43. The summed E-state index contributed by atoms with van der Waals surface area (Å²) in [5.41, 5.74) is 7.27. The monoisotopic (exact) mass is 373 g/mol. The zero-order chi connectivity index (χ0) is 13.1. The van der Waals surface area contributed by atoms with Crippen LogP contribution in [0.5, 0.6) is 5.75 Å². The molecule has 0 bridgehead atoms. The Morgan fingerprint density at radius 2 is 1.89 bits per heavy atom. The zero-order valence-corrected chi connectivity index (χ0v) is 12.5. The Balaban J connectivity index is 2.11. The number of ether oxygens (including phenoxy) is 1. The number of hydrogen-bond donors (Lipinski definition) is 1. The predicted molar refractivity (Wildman–Crippen MR) is 77.0 cm³/mol. The Morgan fingerprint density at radius 1 is 1.11 bits per heavy atom. The lowest BCUT2D eigenvalue weighted by atomic mass is 10.2. The number of halogens is 3. The first-order valence-corrected chi connectivity index (χ1v) is 6.76. The molecule has 0 heterocycles. The number of rotatable bonds is 3. The molecule has 2 N–H and O–H groups in total. The lowest BCUT2D eigenvalue weighted by Crippen LogP contribution is -1.98. The summed E-state index contributed by atoms with van der Waals surface area (Å²) in [6, 6.07) is 10.1. The summed E-state index contributed by atoms with van der Waals surface area (Å²) in [5, 5.41) is 0. The molecule has 0 unspecified atom stereocenters. The van der Waals surface area contributed by atoms with Gasteiger partial charge in [0.05, 0.1) is 0 Å². The Kier molecular flexibility index (Phi) is 4.24. The highest BCUT2D eigenvalue weighted by Gasteiger charge is 2.05. The number of nitrogen functional groups attached to an aromatic ring is 1. The van der Waals surface area contributed by atoms with Gasteiger partial charge in [0.25, 0.3) is 0 Å². The van der Waals surface area contributed by atoms with Crippen molar-refractivity contribution in [2.24, 2.45) is 0 Å². The Bertz CT molecular complexity index is 575. The topological polar surface area (TPSA) is 35.2 Å². The molecule has 2 nitrogen and oxygen atoms in total. The van der Waals surface area contributed by atoms with Crippen LogP contribution < -0.4 is 10.5 Å². The molecule has 0 fully saturated rings. The lowest BCUT2D eigenvalue weighted by Gasteiger charge is -2.08. The summed E-state index contributed by atoms with van der Waals surface area (Å²) in [6.07, 6.45) is 0. The highest BCUT2D eigenvalue weighted by Crippen LogP contribution is 2.24. The van der Waals surface area contributed by atoms with Crippen molar-refractivity contribution >= 4 is 37.5 Å². The van der Waals surface area contributed by atoms with Crippen molar-refractivity contribution in [1.82, 2.24) is 0 Å². The number of benzene rings is 2. The standard InChI is InChI=1S/C13H10Br2FNO/c14-9-2-4-11(16)13(6-9)18-7-8-1-3-10(15)12(17)5-8/h1-6H,7,17H2. The van der Waals surface area contributed by atoms with Crippen LogP contribution in [0.1, 0.15) is 5.56 Å². The summed E-state index contributed by atoms with van der Waals surface area (Å²) >= 11 is 6.59. The van der Waals surface area contributed by atoms with Gasteiger partial charge in [-0.2, -0.15) is 0 Å². The van der Waals surface area contributed by atoms with Crippen LogP contribution in [0.25, 0.3) is 0 Å². The van der Waals surface area contributed by atoms with Gasteiger partial charge in [0.2, 0.25) is 0 Å². The molecule has 0 aliphatic rings. The maximum Gasteiger partial charge on any atom is 0.165 e. The molecule has 2 aromatic rings. The van der Waals surface area contributed by atoms with Gasteiger partial charge in [-0.1, -0.05) is 22.0 Å². The first kappa shape index (κ1) is 13.4. The van der Waals surface area contributed by atoms with Crippen LogP contribution in [-0.2, 0) is 6.61 Å². The van der Waals surface area contributed by atoms with Crippen LogP contribution in [0.3, 0.4) is 0 Å². The van der Waals surface area contributed by atoms with Crippen LogP contribution in [0.2, 0.25) is 0 Å². The van der Waals surface area contributed by atoms with Crippen LogP contribution >= 0.6 is 31.9 Å². The minimum atomic E-state index is -0.386. The van der Waals surface area contributed by atoms with E-state index in [2.05, 4.69) is 31.9 Å². The van der Waals surface area contributed by atoms with Crippen molar-refractivity contribution in [2.75, 3.05) is 5.73 Å². The Labute approximate surface area is 121 Å². The minimum absolute atomic E-state index is 0.214. The van der Waals surface area contributed by atoms with E-state index in [1.807, 2.05) is 12.1 Å². The molecule has 94 valence electrons. The molecule has 0 aliphatic heterocycles. The van der Waals surface area contributed by atoms with Crippen molar-refractivity contribution < 1.29 is 9.13 Å². The van der Waals surface area contributed by atoms with Gasteiger partial charge in [0.15, 0.2) is 11.6 Å². The highest BCUT2D eigenvalue weighted by molar-refractivity contribution is 9.10. The van der Waals surface area contributed by atoms with Crippen molar-refractivity contribution in [3.05, 3.63) is 56.7 Å². The van der Waals surface area contributed by atoms with Gasteiger partial charge in [0.1, 0.15) is 6.61 Å². The summed E-state index contributed by atoms with van der Waals surface area (Å²) in [5.74, 6) is -0.172. The average molecular weight is 375 g/mol. The van der Waals surface area contributed by atoms with Crippen molar-refractivity contribution in [1.29, 1.82) is 0 Å². The molecule has 0 saturated carbocycles. The summed E-state index contributed by atoms with van der Waals surface area (Å²) in [6.45, 7) is 0.269. The number of anilines is 1. The smallest absolute Gasteiger partial charge is 0.165 e. The first-order chi connectivity index (χ1) is 8.56. The third kappa shape index (κ3) is 3.23. The van der Waals surface area contributed by atoms with Crippen molar-refractivity contribution in [3.8, 4) is 5.75 Å². The third-order valence-electron chi connectivity index (χ3n) is 2.35. The second-order valence-electron chi connectivity index (χ2n) is 3.72. The second kappa shape index (κ2) is 5.71. The van der Waals surface area contributed by atoms with E-state index in [4.69, 9.17) is 10.5 Å². The quantitative estimate of drug-likeness (QED) is 0.802. The summed E-state index contributed by atoms with van der Waals surface area (Å²) in [4.78, 5) is 0. The molecule has 0 radical (unpaired) electrons. The molecule has 18 heavy (non-hydrogen) atoms. The van der Waals surface area contributed by atoms with Crippen LogP contribution in [-0.4, -0.2) is 0 Å². The fourth-order valence-corrected chi connectivity index (χ4v) is 2.02. The Hall–Kier alpha value is -1.07. The highest BCUT2D eigenvalue weighted by atomic mass is 79.9. The molecule has 0 saturated heterocycles. The minimum Gasteiger partial charge on any atom is -0.486 e. The van der Waals surface area contributed by atoms with Crippen LogP contribution in [0.15, 0.2) is 45.3 Å². The van der Waals surface area contributed by atoms with E-state index in [9.17, 15) is 4.39 Å². The van der Waals surface area contributed by atoms with Gasteiger partial charge in [-0.05, 0) is 51.8 Å². The van der Waals surface area contributed by atoms with E-state index in [1.54, 1.807) is 18.2 Å². The Morgan fingerprint density at radius 3 is 2.61 bits per heavy atom. The predicted octanol–water partition coefficient (Wildman–Crippen LogP) is 4.51. The summed E-state index contributed by atoms with van der Waals surface area (Å²) in [7, 11) is 0. The van der Waals surface area contributed by atoms with Crippen molar-refractivity contribution in [3.63, 3.8) is 0 Å². The van der Waals surface area contributed by atoms with Gasteiger partial charge < -0.3 is 10.5 Å². The second-order valence-corrected chi connectivity index (χ2v) is 5.49. The number of hydrogen-bond acceptors (Lipinski definition) is 2. The maximum absolute atomic E-state index is 13.4. The van der Waals surface area contributed by atoms with Gasteiger partial charge in [0, 0.05) is 14.6 Å². The first-order valence-electron chi connectivity index (χ1n) is 5.18. The molecule has 0 atom stereocenters. The number of nitrogens with two attached hydrogens (primary N) is 1. The van der Waals surface area contributed by atoms with E-state index in [-0.39, 0.29) is 18.2 Å². The third-order valence-corrected chi connectivity index (χ3v) is 3.56. The van der Waals surface area contributed by atoms with E-state index in [0.29, 0.717) is 5.69 Å². The van der Waals surface area contributed by atoms with E-state index in [1.165, 1.54) is 6.07 Å². The van der Waals surface area contributed by atoms with Crippen LogP contribution in [0.4, 0.5) is 10.1 Å². The molecule has 0 aliphatic carbocycles. The van der Waals surface area contributed by atoms with E-state index < -0.39 is 0 Å². The maximum atomic E-state index is 13.4. The molecule has 0 amide bonds. The van der Waals surface area contributed by atoms with Gasteiger partial charge in [-0.25, -0.2) is 4.39 Å². The normalized spacial score (nSPS) is 10.4. The van der Waals surface area contributed by atoms with Crippen molar-refractivity contribution in [2.45, 2.75) is 6.61 Å². The van der Waals surface area contributed by atoms with Gasteiger partial charge in [-0.15, -0.1) is 0 Å². The molecule has 2 aromatic carbocycles. The van der Waals surface area contributed by atoms with Gasteiger partial charge >= 0.3 is 0 Å². The average Bonchev–Trinajstić information content (AvgIpc) is 2.34. The molecular formula is C13H10Br2FNO. The molecule has 5 heteroatoms. The largest absolute Gasteiger partial charge is 0.486 e. The fraction of sp³-hybridized carbons (Fsp3) is 0.0769. The SMILES string of the molecule is Nc1cc(COc2cc(Br)ccc2F)ccc1Br. The summed E-state index contributed by atoms with van der Waals surface area (Å²) < 4.78 is 20.5. The van der Waals surface area contributed by atoms with Gasteiger partial charge in [-0.3, -0.25) is 0 Å². The van der Waals surface area contributed by atoms with Crippen LogP contribution in [0, 0.1) is 5.82 Å². The van der Waals surface area contributed by atoms with E-state index >= 15 is 0 Å². The molecule has 0 spiro atoms. The lowest BCUT2D eigenvalue weighted by molar-refractivity contribution is 0.290. The van der Waals surface area contributed by atoms with E-state index in [0.717, 1.165) is 14.5 Å². The molecule has 2 rings (SSSR count). The molecule has 0 aromatic heterocycles. The molecular weight excluding hydrogens is 365 g/mol.